The van der Waals surface area contributed by atoms with Crippen molar-refractivity contribution in [3.05, 3.63) is 360 Å². The number of benzene rings is 12. The van der Waals surface area contributed by atoms with E-state index in [-0.39, 0.29) is 0 Å². The Bertz CT molecular complexity index is 5010. The zero-order valence-electron chi connectivity index (χ0n) is 48.4. The summed E-state index contributed by atoms with van der Waals surface area (Å²) in [6.45, 7) is 0. The predicted octanol–water partition coefficient (Wildman–Crippen LogP) is 23.2. The fourth-order valence-electron chi connectivity index (χ4n) is 15.3. The molecule has 0 N–H and O–H groups in total. The van der Waals surface area contributed by atoms with E-state index in [9.17, 15) is 0 Å². The maximum absolute atomic E-state index is 8.39. The molecule has 0 radical (unpaired) electrons. The van der Waals surface area contributed by atoms with E-state index in [1.54, 1.807) is 0 Å². The summed E-state index contributed by atoms with van der Waals surface area (Å²) >= 11 is 3.66. The minimum Gasteiger partial charge on any atom is -0.443 e. The van der Waals surface area contributed by atoms with E-state index in [4.69, 9.17) is 8.83 Å². The van der Waals surface area contributed by atoms with Crippen LogP contribution in [0.1, 0.15) is 44.9 Å². The van der Waals surface area contributed by atoms with Crippen molar-refractivity contribution in [3.63, 3.8) is 0 Å². The molecule has 1 aliphatic carbocycles. The molecule has 424 valence electrons. The number of furan rings is 2. The lowest BCUT2D eigenvalue weighted by molar-refractivity contribution is 0.398. The lowest BCUT2D eigenvalue weighted by atomic mass is 9.53. The van der Waals surface area contributed by atoms with Gasteiger partial charge in [-0.2, -0.15) is 0 Å². The van der Waals surface area contributed by atoms with Gasteiger partial charge in [0.2, 0.25) is 11.8 Å². The Labute approximate surface area is 527 Å². The number of rotatable bonds is 8. The molecule has 6 nitrogen and oxygen atoms in total. The Morgan fingerprint density at radius 2 is 0.567 bits per heavy atom. The summed E-state index contributed by atoms with van der Waals surface area (Å²) in [4.78, 5) is 9.52. The first-order chi connectivity index (χ1) is 44.6. The van der Waals surface area contributed by atoms with Crippen LogP contribution in [-0.2, 0) is 10.8 Å². The zero-order chi connectivity index (χ0) is 59.1. The Morgan fingerprint density at radius 3 is 0.944 bits per heavy atom. The summed E-state index contributed by atoms with van der Waals surface area (Å²) < 4.78 is 21.8. The third-order valence-electron chi connectivity index (χ3n) is 18.9. The number of hydrogen-bond acceptors (Lipinski definition) is 8. The monoisotopic (exact) mass is 1190 g/mol. The van der Waals surface area contributed by atoms with Crippen molar-refractivity contribution in [1.29, 1.82) is 0 Å². The molecule has 0 bridgehead atoms. The van der Waals surface area contributed by atoms with Gasteiger partial charge in [0, 0.05) is 97.7 Å². The van der Waals surface area contributed by atoms with Gasteiger partial charge >= 0.3 is 0 Å². The highest BCUT2D eigenvalue weighted by Gasteiger charge is 2.64. The van der Waals surface area contributed by atoms with Gasteiger partial charge < -0.3 is 18.6 Å². The topological polar surface area (TPSA) is 39.2 Å². The molecule has 8 heteroatoms. The van der Waals surface area contributed by atoms with E-state index in [2.05, 4.69) is 335 Å². The fraction of sp³-hybridized carbons (Fsp3) is 0.0244. The normalized spacial score (nSPS) is 13.9. The molecule has 3 aliphatic rings. The summed E-state index contributed by atoms with van der Waals surface area (Å²) in [5.41, 5.74) is 14.1. The first kappa shape index (κ1) is 50.9. The van der Waals surface area contributed by atoms with Gasteiger partial charge in [-0.1, -0.05) is 182 Å². The predicted molar refractivity (Wildman–Crippen MR) is 373 cm³/mol. The number of para-hydroxylation sites is 8. The van der Waals surface area contributed by atoms with Gasteiger partial charge in [-0.05, 0) is 144 Å². The smallest absolute Gasteiger partial charge is 0.205 e. The van der Waals surface area contributed by atoms with Crippen molar-refractivity contribution < 1.29 is 8.83 Å². The van der Waals surface area contributed by atoms with Gasteiger partial charge in [0.05, 0.1) is 22.7 Å². The van der Waals surface area contributed by atoms with Gasteiger partial charge in [-0.3, -0.25) is 9.80 Å². The Kier molecular flexibility index (Phi) is 11.1. The fourth-order valence-corrected chi connectivity index (χ4v) is 17.4. The van der Waals surface area contributed by atoms with Crippen LogP contribution in [0.2, 0.25) is 0 Å². The average molecular weight is 1190 g/mol. The third-order valence-corrected chi connectivity index (χ3v) is 21.2. The number of anilines is 12. The summed E-state index contributed by atoms with van der Waals surface area (Å²) in [6.07, 6.45) is 0. The lowest BCUT2D eigenvalue weighted by Gasteiger charge is -2.51. The largest absolute Gasteiger partial charge is 0.443 e. The van der Waals surface area contributed by atoms with Crippen molar-refractivity contribution in [2.75, 3.05) is 19.6 Å². The second-order valence-corrected chi connectivity index (χ2v) is 25.6. The second-order valence-electron chi connectivity index (χ2n) is 23.5. The van der Waals surface area contributed by atoms with E-state index in [0.29, 0.717) is 11.8 Å². The van der Waals surface area contributed by atoms with Gasteiger partial charge in [-0.25, -0.2) is 0 Å². The van der Waals surface area contributed by atoms with Crippen LogP contribution < -0.4 is 19.6 Å². The summed E-state index contributed by atoms with van der Waals surface area (Å²) in [7, 11) is 0. The molecule has 0 fully saturated rings. The van der Waals surface area contributed by atoms with Crippen LogP contribution in [-0.4, -0.2) is 0 Å². The first-order valence-electron chi connectivity index (χ1n) is 30.6. The lowest BCUT2D eigenvalue weighted by Crippen LogP contribution is -2.48. The van der Waals surface area contributed by atoms with E-state index in [1.165, 1.54) is 40.3 Å². The van der Waals surface area contributed by atoms with Crippen LogP contribution in [0.3, 0.4) is 0 Å². The zero-order valence-corrected chi connectivity index (χ0v) is 50.1. The molecule has 4 aromatic heterocycles. The third kappa shape index (κ3) is 7.14. The molecule has 0 atom stereocenters. The molecule has 16 aromatic rings. The standard InChI is InChI=1S/C82H52N4O2S2/c1-5-25-53(26-6-1)83(57-45-47-75-61(49-57)59-33-13-23-43-73(59)89-75)77-51-67-79(87-77)82(65-37-17-21-41-71(65)86(56-31-11-4-12-32-56)72-42-22-18-38-66(72)82)68-52-78(84(54-27-7-2-8-28-54)58-46-48-76-62(50-58)60-34-14-24-44-74(60)90-76)88-80(68)81(67)63-35-15-19-39-69(63)85(55-29-9-3-10-30-55)70-40-20-16-36-64(70)81/h1-52H. The van der Waals surface area contributed by atoms with E-state index >= 15 is 0 Å². The van der Waals surface area contributed by atoms with Gasteiger partial charge in [0.1, 0.15) is 22.4 Å². The van der Waals surface area contributed by atoms with Crippen LogP contribution in [0, 0.1) is 0 Å². The number of nitrogens with zero attached hydrogens (tertiary/aromatic N) is 4. The summed E-state index contributed by atoms with van der Waals surface area (Å²) in [5.74, 6) is 2.97. The molecule has 6 heterocycles. The van der Waals surface area contributed by atoms with Crippen molar-refractivity contribution in [2.45, 2.75) is 10.8 Å². The Morgan fingerprint density at radius 1 is 0.256 bits per heavy atom. The minimum atomic E-state index is -1.15. The van der Waals surface area contributed by atoms with Crippen LogP contribution >= 0.6 is 22.7 Å². The molecule has 0 saturated heterocycles. The van der Waals surface area contributed by atoms with Crippen molar-refractivity contribution >= 4 is 132 Å². The molecular formula is C82H52N4O2S2. The molecule has 12 aromatic carbocycles. The van der Waals surface area contributed by atoms with E-state index < -0.39 is 10.8 Å². The van der Waals surface area contributed by atoms with Gasteiger partial charge in [-0.15, -0.1) is 22.7 Å². The molecular weight excluding hydrogens is 1140 g/mol. The maximum atomic E-state index is 8.39. The highest BCUT2D eigenvalue weighted by atomic mass is 32.1. The molecule has 90 heavy (non-hydrogen) atoms. The number of fused-ring (bicyclic) bond motifs is 20. The van der Waals surface area contributed by atoms with Crippen LogP contribution in [0.15, 0.2) is 324 Å². The van der Waals surface area contributed by atoms with Crippen molar-refractivity contribution in [3.8, 4) is 0 Å². The Hall–Kier alpha value is -11.2. The van der Waals surface area contributed by atoms with Gasteiger partial charge in [0.15, 0.2) is 0 Å². The number of hydrogen-bond donors (Lipinski definition) is 0. The van der Waals surface area contributed by atoms with Crippen LogP contribution in [0.4, 0.5) is 68.6 Å². The highest BCUT2D eigenvalue weighted by Crippen LogP contribution is 2.70. The highest BCUT2D eigenvalue weighted by molar-refractivity contribution is 7.26. The minimum absolute atomic E-state index is 0.678. The molecule has 0 unspecified atom stereocenters. The SMILES string of the molecule is c1ccc(N(c2ccc3sc4ccccc4c3c2)c2cc3c(o2)C2(c4ccccc4N(c4ccccc4)c4ccccc42)c2cc(N(c4ccccc4)c4ccc5sc6ccccc6c5c4)oc2C32c3ccccc3N(c3ccccc3)c3ccccc32)cc1. The molecule has 0 amide bonds. The average Bonchev–Trinajstić information content (AvgIpc) is 1.27. The van der Waals surface area contributed by atoms with Crippen molar-refractivity contribution in [1.82, 2.24) is 0 Å². The Balaban J connectivity index is 0.983. The summed E-state index contributed by atoms with van der Waals surface area (Å²) in [5, 5.41) is 4.86. The molecule has 2 aliphatic heterocycles. The van der Waals surface area contributed by atoms with Crippen molar-refractivity contribution in [2.24, 2.45) is 0 Å². The van der Waals surface area contributed by atoms with Gasteiger partial charge in [0.25, 0.3) is 0 Å². The second kappa shape index (κ2) is 19.7. The molecule has 0 saturated carbocycles. The number of thiophene rings is 2. The van der Waals surface area contributed by atoms with E-state index in [1.807, 2.05) is 22.7 Å². The summed E-state index contributed by atoms with van der Waals surface area (Å²) in [6, 6.07) is 115. The van der Waals surface area contributed by atoms with E-state index in [0.717, 1.165) is 102 Å². The first-order valence-corrected chi connectivity index (χ1v) is 32.2. The molecule has 2 spiro atoms. The maximum Gasteiger partial charge on any atom is 0.205 e. The molecule has 19 rings (SSSR count). The van der Waals surface area contributed by atoms with Crippen LogP contribution in [0.25, 0.3) is 40.3 Å². The quantitative estimate of drug-likeness (QED) is 0.151. The van der Waals surface area contributed by atoms with Crippen LogP contribution in [0.5, 0.6) is 0 Å².